The average Bonchev–Trinajstić information content (AvgIpc) is 2.90. The molecular weight excluding hydrogens is 284 g/mol. The van der Waals surface area contributed by atoms with Crippen molar-refractivity contribution in [3.05, 3.63) is 29.3 Å². The van der Waals surface area contributed by atoms with Gasteiger partial charge in [0.2, 0.25) is 0 Å². The van der Waals surface area contributed by atoms with E-state index in [-0.39, 0.29) is 6.10 Å². The Labute approximate surface area is 129 Å². The van der Waals surface area contributed by atoms with Gasteiger partial charge in [0.25, 0.3) is 0 Å². The van der Waals surface area contributed by atoms with E-state index in [1.54, 1.807) is 11.3 Å². The summed E-state index contributed by atoms with van der Waals surface area (Å²) in [6.07, 6.45) is 1.13. The van der Waals surface area contributed by atoms with Gasteiger partial charge in [-0.3, -0.25) is 4.90 Å². The quantitative estimate of drug-likeness (QED) is 0.921. The van der Waals surface area contributed by atoms with Gasteiger partial charge in [0.05, 0.1) is 34.0 Å². The van der Waals surface area contributed by atoms with Gasteiger partial charge in [-0.25, -0.2) is 4.98 Å². The molecule has 0 bridgehead atoms. The second-order valence-electron chi connectivity index (χ2n) is 5.56. The van der Waals surface area contributed by atoms with Crippen molar-refractivity contribution >= 4 is 21.6 Å². The number of benzene rings is 1. The first-order valence-corrected chi connectivity index (χ1v) is 8.44. The Balaban J connectivity index is 1.63. The lowest BCUT2D eigenvalue weighted by molar-refractivity contribution is -0.0877. The van der Waals surface area contributed by atoms with Crippen molar-refractivity contribution in [2.75, 3.05) is 26.2 Å². The molecular formula is C16H22N2O2S. The molecule has 0 amide bonds. The summed E-state index contributed by atoms with van der Waals surface area (Å²) in [6, 6.07) is 8.10. The highest BCUT2D eigenvalue weighted by Gasteiger charge is 2.27. The maximum absolute atomic E-state index is 10.5. The maximum atomic E-state index is 10.5. The summed E-state index contributed by atoms with van der Waals surface area (Å²) in [7, 11) is 0. The van der Waals surface area contributed by atoms with Gasteiger partial charge in [-0.15, -0.1) is 11.3 Å². The molecule has 21 heavy (non-hydrogen) atoms. The number of hydrogen-bond acceptors (Lipinski definition) is 5. The third kappa shape index (κ3) is 3.61. The predicted octanol–water partition coefficient (Wildman–Crippen LogP) is 2.31. The third-order valence-corrected chi connectivity index (χ3v) is 4.93. The molecule has 2 heterocycles. The predicted molar refractivity (Wildman–Crippen MR) is 85.8 cm³/mol. The van der Waals surface area contributed by atoms with Crippen LogP contribution in [0.1, 0.15) is 18.4 Å². The first-order valence-electron chi connectivity index (χ1n) is 7.62. The molecule has 0 saturated carbocycles. The Hall–Kier alpha value is -1.01. The van der Waals surface area contributed by atoms with Gasteiger partial charge in [-0.1, -0.05) is 19.1 Å². The van der Waals surface area contributed by atoms with Gasteiger partial charge in [-0.05, 0) is 25.1 Å². The van der Waals surface area contributed by atoms with E-state index in [1.807, 2.05) is 18.2 Å². The van der Waals surface area contributed by atoms with Crippen molar-refractivity contribution in [2.45, 2.75) is 32.0 Å². The molecule has 1 aliphatic rings. The lowest BCUT2D eigenvalue weighted by atomic mass is 10.1. The minimum atomic E-state index is -0.481. The summed E-state index contributed by atoms with van der Waals surface area (Å²) in [5, 5.41) is 11.4. The molecule has 5 heteroatoms. The summed E-state index contributed by atoms with van der Waals surface area (Å²) in [5.41, 5.74) is 1.02. The molecule has 0 radical (unpaired) electrons. The number of aliphatic hydroxyl groups is 1. The van der Waals surface area contributed by atoms with Crippen LogP contribution in [0.5, 0.6) is 0 Å². The molecule has 1 aromatic heterocycles. The molecule has 1 aliphatic heterocycles. The fourth-order valence-electron chi connectivity index (χ4n) is 2.80. The van der Waals surface area contributed by atoms with E-state index in [1.165, 1.54) is 4.70 Å². The van der Waals surface area contributed by atoms with Crippen molar-refractivity contribution in [3.63, 3.8) is 0 Å². The fraction of sp³-hybridized carbons (Fsp3) is 0.562. The van der Waals surface area contributed by atoms with Crippen LogP contribution in [0.3, 0.4) is 0 Å². The first-order chi connectivity index (χ1) is 10.3. The summed E-state index contributed by atoms with van der Waals surface area (Å²) in [5.74, 6) is 0. The van der Waals surface area contributed by atoms with Crippen LogP contribution in [-0.2, 0) is 11.2 Å². The number of fused-ring (bicyclic) bond motifs is 1. The summed E-state index contributed by atoms with van der Waals surface area (Å²) in [6.45, 7) is 5.76. The zero-order valence-electron chi connectivity index (χ0n) is 12.4. The zero-order chi connectivity index (χ0) is 14.7. The van der Waals surface area contributed by atoms with E-state index in [0.717, 1.165) is 36.6 Å². The Morgan fingerprint density at radius 3 is 3.14 bits per heavy atom. The molecule has 0 spiro atoms. The molecule has 2 aromatic rings. The van der Waals surface area contributed by atoms with Gasteiger partial charge in [0.15, 0.2) is 0 Å². The molecule has 1 saturated heterocycles. The van der Waals surface area contributed by atoms with Gasteiger partial charge >= 0.3 is 0 Å². The van der Waals surface area contributed by atoms with E-state index in [4.69, 9.17) is 4.74 Å². The highest BCUT2D eigenvalue weighted by molar-refractivity contribution is 7.18. The van der Waals surface area contributed by atoms with Crippen LogP contribution in [0.4, 0.5) is 0 Å². The second kappa shape index (κ2) is 6.83. The Morgan fingerprint density at radius 1 is 1.48 bits per heavy atom. The van der Waals surface area contributed by atoms with Crippen molar-refractivity contribution < 1.29 is 9.84 Å². The van der Waals surface area contributed by atoms with E-state index in [9.17, 15) is 5.11 Å². The molecule has 4 nitrogen and oxygen atoms in total. The number of rotatable bonds is 5. The minimum Gasteiger partial charge on any atom is -0.390 e. The summed E-state index contributed by atoms with van der Waals surface area (Å²) >= 11 is 1.66. The van der Waals surface area contributed by atoms with Crippen molar-refractivity contribution in [3.8, 4) is 0 Å². The summed E-state index contributed by atoms with van der Waals surface area (Å²) in [4.78, 5) is 6.96. The van der Waals surface area contributed by atoms with Crippen LogP contribution in [0, 0.1) is 0 Å². The number of aliphatic hydroxyl groups excluding tert-OH is 1. The fourth-order valence-corrected chi connectivity index (χ4v) is 3.82. The Bertz CT molecular complexity index is 551. The highest BCUT2D eigenvalue weighted by atomic mass is 32.1. The molecule has 1 fully saturated rings. The number of hydrogen-bond donors (Lipinski definition) is 1. The molecule has 2 atom stereocenters. The number of aromatic nitrogens is 1. The number of morpholine rings is 1. The monoisotopic (exact) mass is 306 g/mol. The van der Waals surface area contributed by atoms with Crippen LogP contribution < -0.4 is 0 Å². The highest BCUT2D eigenvalue weighted by Crippen LogP contribution is 2.23. The number of thiazole rings is 1. The van der Waals surface area contributed by atoms with E-state index in [0.29, 0.717) is 13.0 Å². The Kier molecular flexibility index (Phi) is 4.85. The third-order valence-electron chi connectivity index (χ3n) is 3.87. The number of nitrogens with zero attached hydrogens (tertiary/aromatic N) is 2. The molecule has 2 unspecified atom stereocenters. The topological polar surface area (TPSA) is 45.6 Å². The molecule has 114 valence electrons. The Morgan fingerprint density at radius 2 is 2.33 bits per heavy atom. The van der Waals surface area contributed by atoms with Gasteiger partial charge in [0, 0.05) is 19.5 Å². The van der Waals surface area contributed by atoms with Crippen LogP contribution in [0.15, 0.2) is 24.3 Å². The van der Waals surface area contributed by atoms with E-state index in [2.05, 4.69) is 22.9 Å². The normalized spacial score (nSPS) is 21.7. The molecule has 0 aliphatic carbocycles. The van der Waals surface area contributed by atoms with Gasteiger partial charge in [-0.2, -0.15) is 0 Å². The standard InChI is InChI=1S/C16H22N2O2S/c1-2-7-18-8-9-20-14(11-18)13(19)10-16-17-12-5-3-4-6-15(12)21-16/h3-6,13-14,19H,2,7-11H2,1H3. The second-order valence-corrected chi connectivity index (χ2v) is 6.67. The number of para-hydroxylation sites is 1. The molecule has 1 aromatic carbocycles. The van der Waals surface area contributed by atoms with Gasteiger partial charge < -0.3 is 9.84 Å². The smallest absolute Gasteiger partial charge is 0.0965 e. The van der Waals surface area contributed by atoms with Crippen LogP contribution in [0.25, 0.3) is 10.2 Å². The number of ether oxygens (including phenoxy) is 1. The first kappa shape index (κ1) is 14.9. The molecule has 3 rings (SSSR count). The lowest BCUT2D eigenvalue weighted by Gasteiger charge is -2.34. The average molecular weight is 306 g/mol. The largest absolute Gasteiger partial charge is 0.390 e. The summed E-state index contributed by atoms with van der Waals surface area (Å²) < 4.78 is 6.93. The minimum absolute atomic E-state index is 0.0997. The van der Waals surface area contributed by atoms with Gasteiger partial charge in [0.1, 0.15) is 0 Å². The molecule has 1 N–H and O–H groups in total. The zero-order valence-corrected chi connectivity index (χ0v) is 13.2. The maximum Gasteiger partial charge on any atom is 0.0965 e. The van der Waals surface area contributed by atoms with E-state index >= 15 is 0 Å². The lowest BCUT2D eigenvalue weighted by Crippen LogP contribution is -2.48. The van der Waals surface area contributed by atoms with Crippen molar-refractivity contribution in [2.24, 2.45) is 0 Å². The van der Waals surface area contributed by atoms with Crippen molar-refractivity contribution in [1.82, 2.24) is 9.88 Å². The van der Waals surface area contributed by atoms with Crippen molar-refractivity contribution in [1.29, 1.82) is 0 Å². The van der Waals surface area contributed by atoms with E-state index < -0.39 is 6.10 Å². The van der Waals surface area contributed by atoms with Crippen LogP contribution in [0.2, 0.25) is 0 Å². The van der Waals surface area contributed by atoms with Crippen LogP contribution >= 0.6 is 11.3 Å². The SMILES string of the molecule is CCCN1CCOC(C(O)Cc2nc3ccccc3s2)C1. The van der Waals surface area contributed by atoms with Crippen LogP contribution in [-0.4, -0.2) is 53.4 Å².